The average molecular weight is 187 g/mol. The molecule has 0 saturated carbocycles. The zero-order valence-corrected chi connectivity index (χ0v) is 7.73. The molecule has 1 aliphatic heterocycles. The van der Waals surface area contributed by atoms with Gasteiger partial charge in [0, 0.05) is 18.2 Å². The number of nitrogens with zero attached hydrogens (tertiary/aromatic N) is 1. The Kier molecular flexibility index (Phi) is 2.23. The first-order valence-electron chi connectivity index (χ1n) is 4.55. The largest absolute Gasteiger partial charge is 0.370 e. The minimum Gasteiger partial charge on any atom is -0.370 e. The number of carbonyl (C=O) groups excluding carboxylic acids is 1. The van der Waals surface area contributed by atoms with Crippen LogP contribution < -0.4 is 11.1 Å². The number of rotatable bonds is 3. The zero-order chi connectivity index (χ0) is 9.97. The molecule has 1 aromatic carbocycles. The van der Waals surface area contributed by atoms with Crippen molar-refractivity contribution in [3.8, 4) is 0 Å². The number of para-hydroxylation sites is 1. The molecule has 0 spiro atoms. The van der Waals surface area contributed by atoms with Crippen molar-refractivity contribution in [2.45, 2.75) is 12.8 Å². The molecule has 3 heteroatoms. The van der Waals surface area contributed by atoms with Crippen molar-refractivity contribution >= 4 is 17.2 Å². The molecule has 14 heavy (non-hydrogen) atoms. The Bertz CT molecular complexity index is 396. The van der Waals surface area contributed by atoms with Crippen molar-refractivity contribution in [1.82, 2.24) is 5.32 Å². The zero-order valence-electron chi connectivity index (χ0n) is 7.73. The van der Waals surface area contributed by atoms with Gasteiger partial charge in [-0.2, -0.15) is 0 Å². The third-order valence-electron chi connectivity index (χ3n) is 2.25. The Hall–Kier alpha value is -1.77. The fourth-order valence-corrected chi connectivity index (χ4v) is 1.53. The number of allylic oxidation sites excluding steroid dienone is 1. The molecule has 0 aromatic heterocycles. The van der Waals surface area contributed by atoms with E-state index in [0.29, 0.717) is 12.8 Å². The number of hydrogen-bond acceptors (Lipinski definition) is 1. The SMILES string of the molecule is NC(=O)CCC1=C[N]c2ccccc21. The highest BCUT2D eigenvalue weighted by Crippen LogP contribution is 2.32. The lowest BCUT2D eigenvalue weighted by Gasteiger charge is -2.01. The predicted octanol–water partition coefficient (Wildman–Crippen LogP) is 1.54. The van der Waals surface area contributed by atoms with Crippen LogP contribution in [0.3, 0.4) is 0 Å². The minimum atomic E-state index is -0.268. The first kappa shape index (κ1) is 8.81. The molecule has 71 valence electrons. The van der Waals surface area contributed by atoms with Gasteiger partial charge in [-0.1, -0.05) is 18.2 Å². The molecule has 1 amide bonds. The Balaban J connectivity index is 2.13. The van der Waals surface area contributed by atoms with Crippen LogP contribution in [0.4, 0.5) is 5.69 Å². The summed E-state index contributed by atoms with van der Waals surface area (Å²) in [4.78, 5) is 10.6. The van der Waals surface area contributed by atoms with Crippen LogP contribution >= 0.6 is 0 Å². The number of primary amides is 1. The summed E-state index contributed by atoms with van der Waals surface area (Å²) < 4.78 is 0. The fraction of sp³-hybridized carbons (Fsp3) is 0.182. The summed E-state index contributed by atoms with van der Waals surface area (Å²) in [5.41, 5.74) is 8.29. The van der Waals surface area contributed by atoms with Gasteiger partial charge in [-0.25, -0.2) is 0 Å². The van der Waals surface area contributed by atoms with E-state index in [2.05, 4.69) is 5.32 Å². The standard InChI is InChI=1S/C11H11N2O/c12-11(14)6-5-8-7-13-10-4-2-1-3-9(8)10/h1-4,7H,5-6H2,(H2,12,14). The second-order valence-electron chi connectivity index (χ2n) is 3.27. The van der Waals surface area contributed by atoms with Crippen LogP contribution in [0.5, 0.6) is 0 Å². The maximum Gasteiger partial charge on any atom is 0.217 e. The van der Waals surface area contributed by atoms with Crippen molar-refractivity contribution in [2.24, 2.45) is 5.73 Å². The van der Waals surface area contributed by atoms with E-state index in [1.807, 2.05) is 30.5 Å². The second kappa shape index (κ2) is 3.54. The average Bonchev–Trinajstić information content (AvgIpc) is 2.58. The van der Waals surface area contributed by atoms with Crippen LogP contribution in [0.2, 0.25) is 0 Å². The lowest BCUT2D eigenvalue weighted by molar-refractivity contribution is -0.117. The van der Waals surface area contributed by atoms with Gasteiger partial charge >= 0.3 is 0 Å². The molecule has 0 aliphatic carbocycles. The number of benzene rings is 1. The molecule has 1 aromatic rings. The molecule has 1 radical (unpaired) electrons. The summed E-state index contributed by atoms with van der Waals surface area (Å²) >= 11 is 0. The van der Waals surface area contributed by atoms with Crippen LogP contribution in [-0.4, -0.2) is 5.91 Å². The molecule has 0 bridgehead atoms. The van der Waals surface area contributed by atoms with Crippen LogP contribution in [-0.2, 0) is 4.79 Å². The van der Waals surface area contributed by atoms with E-state index < -0.39 is 0 Å². The van der Waals surface area contributed by atoms with Crippen molar-refractivity contribution in [3.63, 3.8) is 0 Å². The Morgan fingerprint density at radius 2 is 2.14 bits per heavy atom. The maximum absolute atomic E-state index is 10.6. The molecule has 0 atom stereocenters. The van der Waals surface area contributed by atoms with Crippen molar-refractivity contribution in [1.29, 1.82) is 0 Å². The van der Waals surface area contributed by atoms with E-state index >= 15 is 0 Å². The lowest BCUT2D eigenvalue weighted by atomic mass is 10.0. The van der Waals surface area contributed by atoms with E-state index in [1.54, 1.807) is 0 Å². The maximum atomic E-state index is 10.6. The quantitative estimate of drug-likeness (QED) is 0.766. The number of fused-ring (bicyclic) bond motifs is 1. The second-order valence-corrected chi connectivity index (χ2v) is 3.27. The summed E-state index contributed by atoms with van der Waals surface area (Å²) in [7, 11) is 0. The highest BCUT2D eigenvalue weighted by atomic mass is 16.1. The molecular weight excluding hydrogens is 176 g/mol. The van der Waals surface area contributed by atoms with Gasteiger partial charge in [0.2, 0.25) is 5.91 Å². The molecule has 3 nitrogen and oxygen atoms in total. The van der Waals surface area contributed by atoms with E-state index in [9.17, 15) is 4.79 Å². The number of hydrogen-bond donors (Lipinski definition) is 1. The minimum absolute atomic E-state index is 0.268. The summed E-state index contributed by atoms with van der Waals surface area (Å²) in [5.74, 6) is -0.268. The Morgan fingerprint density at radius 3 is 2.93 bits per heavy atom. The van der Waals surface area contributed by atoms with Crippen molar-refractivity contribution in [2.75, 3.05) is 0 Å². The van der Waals surface area contributed by atoms with Gasteiger partial charge in [-0.3, -0.25) is 10.1 Å². The molecule has 0 unspecified atom stereocenters. The van der Waals surface area contributed by atoms with Gasteiger partial charge < -0.3 is 5.73 Å². The number of amides is 1. The van der Waals surface area contributed by atoms with Gasteiger partial charge in [0.15, 0.2) is 0 Å². The normalized spacial score (nSPS) is 13.0. The van der Waals surface area contributed by atoms with Crippen molar-refractivity contribution in [3.05, 3.63) is 36.0 Å². The lowest BCUT2D eigenvalue weighted by Crippen LogP contribution is -2.09. The third kappa shape index (κ3) is 1.62. The summed E-state index contributed by atoms with van der Waals surface area (Å²) in [6.07, 6.45) is 2.87. The smallest absolute Gasteiger partial charge is 0.217 e. The first-order valence-corrected chi connectivity index (χ1v) is 4.55. The Labute approximate surface area is 82.6 Å². The summed E-state index contributed by atoms with van der Waals surface area (Å²) in [6, 6.07) is 7.90. The van der Waals surface area contributed by atoms with E-state index in [4.69, 9.17) is 5.73 Å². The number of nitrogens with two attached hydrogens (primary N) is 1. The van der Waals surface area contributed by atoms with Gasteiger partial charge in [0.25, 0.3) is 0 Å². The van der Waals surface area contributed by atoms with Gasteiger partial charge in [0.1, 0.15) is 0 Å². The fourth-order valence-electron chi connectivity index (χ4n) is 1.53. The van der Waals surface area contributed by atoms with E-state index in [0.717, 1.165) is 16.8 Å². The summed E-state index contributed by atoms with van der Waals surface area (Å²) in [6.45, 7) is 0. The van der Waals surface area contributed by atoms with Crippen LogP contribution in [0.25, 0.3) is 5.57 Å². The van der Waals surface area contributed by atoms with E-state index in [1.165, 1.54) is 0 Å². The predicted molar refractivity (Wildman–Crippen MR) is 54.6 cm³/mol. The monoisotopic (exact) mass is 187 g/mol. The van der Waals surface area contributed by atoms with Crippen LogP contribution in [0.1, 0.15) is 18.4 Å². The molecule has 0 fully saturated rings. The molecule has 1 aliphatic rings. The topological polar surface area (TPSA) is 57.2 Å². The summed E-state index contributed by atoms with van der Waals surface area (Å²) in [5, 5.41) is 4.24. The van der Waals surface area contributed by atoms with Gasteiger partial charge in [-0.15, -0.1) is 0 Å². The van der Waals surface area contributed by atoms with Crippen LogP contribution in [0.15, 0.2) is 30.5 Å². The highest BCUT2D eigenvalue weighted by Gasteiger charge is 2.14. The third-order valence-corrected chi connectivity index (χ3v) is 2.25. The molecular formula is C11H11N2O. The highest BCUT2D eigenvalue weighted by molar-refractivity contribution is 5.82. The van der Waals surface area contributed by atoms with Gasteiger partial charge in [0.05, 0.1) is 5.69 Å². The Morgan fingerprint density at radius 1 is 1.36 bits per heavy atom. The van der Waals surface area contributed by atoms with Gasteiger partial charge in [-0.05, 0) is 18.1 Å². The van der Waals surface area contributed by atoms with Crippen molar-refractivity contribution < 1.29 is 4.79 Å². The van der Waals surface area contributed by atoms with E-state index in [-0.39, 0.29) is 5.91 Å². The molecule has 2 rings (SSSR count). The number of carbonyl (C=O) groups is 1. The molecule has 2 N–H and O–H groups in total. The molecule has 1 heterocycles. The molecule has 0 saturated heterocycles. The van der Waals surface area contributed by atoms with Crippen LogP contribution in [0, 0.1) is 0 Å². The first-order chi connectivity index (χ1) is 6.77.